The number of piperidine rings is 1. The lowest BCUT2D eigenvalue weighted by atomic mass is 9.89. The fourth-order valence-corrected chi connectivity index (χ4v) is 3.49. The summed E-state index contributed by atoms with van der Waals surface area (Å²) >= 11 is 0. The van der Waals surface area contributed by atoms with Gasteiger partial charge in [-0.05, 0) is 49.4 Å². The van der Waals surface area contributed by atoms with Gasteiger partial charge in [0.25, 0.3) is 5.91 Å². The molecule has 0 bridgehead atoms. The predicted molar refractivity (Wildman–Crippen MR) is 105 cm³/mol. The Bertz CT molecular complexity index is 813. The van der Waals surface area contributed by atoms with E-state index in [9.17, 15) is 9.59 Å². The van der Waals surface area contributed by atoms with Crippen molar-refractivity contribution in [2.75, 3.05) is 26.3 Å². The average molecular weight is 383 g/mol. The van der Waals surface area contributed by atoms with Crippen LogP contribution in [0.3, 0.4) is 0 Å². The van der Waals surface area contributed by atoms with Crippen LogP contribution in [-0.4, -0.2) is 48.2 Å². The zero-order valence-corrected chi connectivity index (χ0v) is 16.0. The second-order valence-electron chi connectivity index (χ2n) is 6.75. The third-order valence-corrected chi connectivity index (χ3v) is 4.89. The lowest BCUT2D eigenvalue weighted by Crippen LogP contribution is -2.37. The van der Waals surface area contributed by atoms with Crippen LogP contribution in [-0.2, 0) is 4.79 Å². The fraction of sp³-hybridized carbons (Fsp3) is 0.364. The molecule has 1 aliphatic heterocycles. The third kappa shape index (κ3) is 4.82. The number of rotatable bonds is 7. The summed E-state index contributed by atoms with van der Waals surface area (Å²) in [6.45, 7) is 3.17. The van der Waals surface area contributed by atoms with Crippen molar-refractivity contribution in [3.8, 4) is 11.5 Å². The van der Waals surface area contributed by atoms with E-state index < -0.39 is 12.6 Å². The molecule has 0 saturated carbocycles. The van der Waals surface area contributed by atoms with E-state index in [-0.39, 0.29) is 5.91 Å². The molecule has 28 heavy (non-hydrogen) atoms. The van der Waals surface area contributed by atoms with Gasteiger partial charge in [0.1, 0.15) is 0 Å². The molecular formula is C22H25NO5. The average Bonchev–Trinajstić information content (AvgIpc) is 2.73. The summed E-state index contributed by atoms with van der Waals surface area (Å²) in [4.78, 5) is 25.5. The van der Waals surface area contributed by atoms with Gasteiger partial charge in [-0.15, -0.1) is 0 Å². The van der Waals surface area contributed by atoms with Crippen LogP contribution < -0.4 is 9.47 Å². The molecule has 0 aliphatic carbocycles. The van der Waals surface area contributed by atoms with Crippen LogP contribution in [0.5, 0.6) is 11.5 Å². The normalized spacial score (nSPS) is 14.5. The smallest absolute Gasteiger partial charge is 0.341 e. The number of amides is 1. The fourth-order valence-electron chi connectivity index (χ4n) is 3.49. The van der Waals surface area contributed by atoms with E-state index in [4.69, 9.17) is 14.6 Å². The molecular weight excluding hydrogens is 358 g/mol. The molecule has 2 aromatic carbocycles. The van der Waals surface area contributed by atoms with Crippen LogP contribution in [0.4, 0.5) is 0 Å². The summed E-state index contributed by atoms with van der Waals surface area (Å²) in [6.07, 6.45) is 1.88. The minimum absolute atomic E-state index is 0.0442. The third-order valence-electron chi connectivity index (χ3n) is 4.89. The first-order valence-corrected chi connectivity index (χ1v) is 9.54. The maximum atomic E-state index is 12.9. The van der Waals surface area contributed by atoms with Crippen molar-refractivity contribution in [1.82, 2.24) is 4.90 Å². The van der Waals surface area contributed by atoms with E-state index in [1.807, 2.05) is 17.9 Å². The monoisotopic (exact) mass is 383 g/mol. The molecule has 6 nitrogen and oxygen atoms in total. The molecule has 3 rings (SSSR count). The molecule has 1 amide bonds. The van der Waals surface area contributed by atoms with Gasteiger partial charge in [0.05, 0.1) is 6.61 Å². The number of carbonyl (C=O) groups excluding carboxylic acids is 1. The number of likely N-dealkylation sites (tertiary alicyclic amines) is 1. The van der Waals surface area contributed by atoms with Crippen molar-refractivity contribution < 1.29 is 24.2 Å². The van der Waals surface area contributed by atoms with Crippen molar-refractivity contribution in [1.29, 1.82) is 0 Å². The van der Waals surface area contributed by atoms with Crippen molar-refractivity contribution >= 4 is 11.9 Å². The summed E-state index contributed by atoms with van der Waals surface area (Å²) in [5.41, 5.74) is 1.84. The minimum atomic E-state index is -1.07. The molecule has 0 radical (unpaired) electrons. The van der Waals surface area contributed by atoms with E-state index in [0.717, 1.165) is 12.8 Å². The lowest BCUT2D eigenvalue weighted by Gasteiger charge is -2.32. The summed E-state index contributed by atoms with van der Waals surface area (Å²) in [5, 5.41) is 8.79. The van der Waals surface area contributed by atoms with E-state index in [1.54, 1.807) is 18.2 Å². The zero-order valence-electron chi connectivity index (χ0n) is 16.0. The Morgan fingerprint density at radius 3 is 2.39 bits per heavy atom. The highest BCUT2D eigenvalue weighted by atomic mass is 16.5. The Kier molecular flexibility index (Phi) is 6.53. The first-order valence-electron chi connectivity index (χ1n) is 9.54. The van der Waals surface area contributed by atoms with Gasteiger partial charge in [0, 0.05) is 18.7 Å². The Morgan fingerprint density at radius 2 is 1.75 bits per heavy atom. The topological polar surface area (TPSA) is 76.1 Å². The molecule has 1 N–H and O–H groups in total. The predicted octanol–water partition coefficient (Wildman–Crippen LogP) is 3.57. The van der Waals surface area contributed by atoms with E-state index in [2.05, 4.69) is 24.3 Å². The van der Waals surface area contributed by atoms with Crippen LogP contribution in [0.15, 0.2) is 48.5 Å². The summed E-state index contributed by atoms with van der Waals surface area (Å²) < 4.78 is 10.8. The Hall–Kier alpha value is -3.02. The molecule has 1 saturated heterocycles. The minimum Gasteiger partial charge on any atom is -0.490 e. The number of benzene rings is 2. The molecule has 148 valence electrons. The van der Waals surface area contributed by atoms with Gasteiger partial charge in [-0.25, -0.2) is 4.79 Å². The molecule has 0 atom stereocenters. The first-order chi connectivity index (χ1) is 13.6. The molecule has 0 spiro atoms. The number of ether oxygens (including phenoxy) is 2. The number of hydrogen-bond donors (Lipinski definition) is 1. The van der Waals surface area contributed by atoms with Crippen molar-refractivity contribution in [3.05, 3.63) is 59.7 Å². The molecule has 0 unspecified atom stereocenters. The largest absolute Gasteiger partial charge is 0.490 e. The van der Waals surface area contributed by atoms with Gasteiger partial charge >= 0.3 is 5.97 Å². The van der Waals surface area contributed by atoms with Gasteiger partial charge in [0.2, 0.25) is 0 Å². The second-order valence-corrected chi connectivity index (χ2v) is 6.75. The second kappa shape index (κ2) is 9.26. The maximum absolute atomic E-state index is 12.9. The van der Waals surface area contributed by atoms with Crippen molar-refractivity contribution in [2.24, 2.45) is 0 Å². The van der Waals surface area contributed by atoms with Gasteiger partial charge in [0.15, 0.2) is 18.1 Å². The molecule has 1 heterocycles. The summed E-state index contributed by atoms with van der Waals surface area (Å²) in [5.74, 6) is 0.0783. The van der Waals surface area contributed by atoms with Crippen LogP contribution in [0, 0.1) is 0 Å². The number of carbonyl (C=O) groups is 2. The highest BCUT2D eigenvalue weighted by molar-refractivity contribution is 5.95. The lowest BCUT2D eigenvalue weighted by molar-refractivity contribution is -0.139. The van der Waals surface area contributed by atoms with E-state index in [0.29, 0.717) is 42.7 Å². The number of carboxylic acids is 1. The van der Waals surface area contributed by atoms with Gasteiger partial charge in [-0.1, -0.05) is 30.3 Å². The highest BCUT2D eigenvalue weighted by Gasteiger charge is 2.25. The maximum Gasteiger partial charge on any atom is 0.341 e. The Morgan fingerprint density at radius 1 is 1.04 bits per heavy atom. The molecule has 1 fully saturated rings. The van der Waals surface area contributed by atoms with E-state index in [1.165, 1.54) is 5.56 Å². The van der Waals surface area contributed by atoms with Crippen LogP contribution in [0.1, 0.15) is 41.6 Å². The molecule has 0 aromatic heterocycles. The van der Waals surface area contributed by atoms with Crippen LogP contribution >= 0.6 is 0 Å². The number of aliphatic carboxylic acids is 1. The Balaban J connectivity index is 1.67. The molecule has 2 aromatic rings. The van der Waals surface area contributed by atoms with E-state index >= 15 is 0 Å². The number of nitrogens with zero attached hydrogens (tertiary/aromatic N) is 1. The van der Waals surface area contributed by atoms with Crippen LogP contribution in [0.2, 0.25) is 0 Å². The Labute approximate surface area is 164 Å². The first kappa shape index (κ1) is 19.7. The van der Waals surface area contributed by atoms with Crippen LogP contribution in [0.25, 0.3) is 0 Å². The summed E-state index contributed by atoms with van der Waals surface area (Å²) in [7, 11) is 0. The zero-order chi connectivity index (χ0) is 19.9. The van der Waals surface area contributed by atoms with Crippen molar-refractivity contribution in [2.45, 2.75) is 25.7 Å². The van der Waals surface area contributed by atoms with Crippen molar-refractivity contribution in [3.63, 3.8) is 0 Å². The SMILES string of the molecule is CCOc1cc(C(=O)N2CCC(c3ccccc3)CC2)ccc1OCC(=O)O. The van der Waals surface area contributed by atoms with Gasteiger partial charge in [-0.2, -0.15) is 0 Å². The van der Waals surface area contributed by atoms with Gasteiger partial charge in [-0.3, -0.25) is 4.79 Å². The van der Waals surface area contributed by atoms with Gasteiger partial charge < -0.3 is 19.5 Å². The molecule has 6 heteroatoms. The standard InChI is InChI=1S/C22H25NO5/c1-2-27-20-14-18(8-9-19(20)28-15-21(24)25)22(26)23-12-10-17(11-13-23)16-6-4-3-5-7-16/h3-9,14,17H,2,10-13,15H2,1H3,(H,24,25). The number of hydrogen-bond acceptors (Lipinski definition) is 4. The number of carboxylic acid groups (broad SMARTS) is 1. The molecule has 1 aliphatic rings. The highest BCUT2D eigenvalue weighted by Crippen LogP contribution is 2.31. The summed E-state index contributed by atoms with van der Waals surface area (Å²) in [6, 6.07) is 15.3. The quantitative estimate of drug-likeness (QED) is 0.791.